The van der Waals surface area contributed by atoms with E-state index in [4.69, 9.17) is 11.6 Å². The summed E-state index contributed by atoms with van der Waals surface area (Å²) in [6.07, 6.45) is 1.41. The Morgan fingerprint density at radius 2 is 1.73 bits per heavy atom. The van der Waals surface area contributed by atoms with Crippen molar-refractivity contribution in [1.29, 1.82) is 0 Å². The maximum Gasteiger partial charge on any atom is 0.222 e. The van der Waals surface area contributed by atoms with Crippen molar-refractivity contribution in [3.8, 4) is 0 Å². The number of hydrogen-bond acceptors (Lipinski definition) is 2. The molecular weight excluding hydrogens is 296 g/mol. The van der Waals surface area contributed by atoms with Crippen LogP contribution in [0, 0.1) is 0 Å². The average Bonchev–Trinajstić information content (AvgIpc) is 2.54. The van der Waals surface area contributed by atoms with Crippen LogP contribution >= 0.6 is 11.6 Å². The smallest absolute Gasteiger partial charge is 0.222 e. The van der Waals surface area contributed by atoms with E-state index in [0.717, 1.165) is 17.7 Å². The van der Waals surface area contributed by atoms with Crippen molar-refractivity contribution >= 4 is 23.2 Å². The highest BCUT2D eigenvalue weighted by Crippen LogP contribution is 2.15. The van der Waals surface area contributed by atoms with Gasteiger partial charge in [0.1, 0.15) is 0 Å². The van der Waals surface area contributed by atoms with Gasteiger partial charge >= 0.3 is 0 Å². The van der Waals surface area contributed by atoms with Gasteiger partial charge < -0.3 is 10.6 Å². The summed E-state index contributed by atoms with van der Waals surface area (Å²) in [7, 11) is 0. The fourth-order valence-electron chi connectivity index (χ4n) is 2.24. The lowest BCUT2D eigenvalue weighted by Crippen LogP contribution is -2.25. The Kier molecular flexibility index (Phi) is 6.28. The Hall–Kier alpha value is -2.00. The molecule has 116 valence electrons. The molecule has 0 aliphatic heterocycles. The third-order valence-electron chi connectivity index (χ3n) is 3.50. The normalized spacial score (nSPS) is 10.3. The fraction of sp³-hybridized carbons (Fsp3) is 0.278. The fourth-order valence-corrected chi connectivity index (χ4v) is 2.44. The van der Waals surface area contributed by atoms with Crippen molar-refractivity contribution in [2.75, 3.05) is 11.9 Å². The summed E-state index contributed by atoms with van der Waals surface area (Å²) in [6.45, 7) is 3.20. The van der Waals surface area contributed by atoms with Gasteiger partial charge in [-0.25, -0.2) is 0 Å². The molecule has 4 heteroatoms. The number of carbonyl (C=O) groups excluding carboxylic acids is 1. The molecule has 0 aliphatic rings. The molecular formula is C18H21ClN2O. The molecule has 2 aromatic carbocycles. The van der Waals surface area contributed by atoms with Crippen molar-refractivity contribution in [3.05, 3.63) is 64.7 Å². The Bertz CT molecular complexity index is 628. The van der Waals surface area contributed by atoms with E-state index in [0.29, 0.717) is 24.5 Å². The highest BCUT2D eigenvalue weighted by molar-refractivity contribution is 6.31. The van der Waals surface area contributed by atoms with E-state index in [9.17, 15) is 4.79 Å². The number of nitrogens with one attached hydrogen (secondary N) is 2. The van der Waals surface area contributed by atoms with Crippen molar-refractivity contribution < 1.29 is 4.79 Å². The summed E-state index contributed by atoms with van der Waals surface area (Å²) >= 11 is 6.06. The van der Waals surface area contributed by atoms with Gasteiger partial charge in [-0.1, -0.05) is 54.9 Å². The minimum atomic E-state index is 0.0152. The Morgan fingerprint density at radius 1 is 1.05 bits per heavy atom. The maximum absolute atomic E-state index is 11.9. The van der Waals surface area contributed by atoms with E-state index in [2.05, 4.69) is 23.6 Å². The van der Waals surface area contributed by atoms with Crippen LogP contribution in [0.3, 0.4) is 0 Å². The molecule has 0 heterocycles. The summed E-state index contributed by atoms with van der Waals surface area (Å²) in [5, 5.41) is 6.89. The highest BCUT2D eigenvalue weighted by atomic mass is 35.5. The standard InChI is InChI=1S/C18H21ClN2O/c1-2-14-7-4-6-10-17(14)20-12-11-18(22)21-13-15-8-3-5-9-16(15)19/h3-10,20H,2,11-13H2,1H3,(H,21,22). The van der Waals surface area contributed by atoms with Crippen LogP contribution in [0.1, 0.15) is 24.5 Å². The van der Waals surface area contributed by atoms with Crippen LogP contribution in [0.15, 0.2) is 48.5 Å². The monoisotopic (exact) mass is 316 g/mol. The van der Waals surface area contributed by atoms with E-state index in [1.54, 1.807) is 0 Å². The lowest BCUT2D eigenvalue weighted by atomic mass is 10.1. The number of hydrogen-bond donors (Lipinski definition) is 2. The summed E-state index contributed by atoms with van der Waals surface area (Å²) in [5.74, 6) is 0.0152. The molecule has 22 heavy (non-hydrogen) atoms. The number of amides is 1. The minimum Gasteiger partial charge on any atom is -0.384 e. The van der Waals surface area contributed by atoms with E-state index >= 15 is 0 Å². The molecule has 2 rings (SSSR count). The van der Waals surface area contributed by atoms with Crippen LogP contribution in [-0.4, -0.2) is 12.5 Å². The van der Waals surface area contributed by atoms with E-state index in [-0.39, 0.29) is 5.91 Å². The van der Waals surface area contributed by atoms with Gasteiger partial charge in [-0.2, -0.15) is 0 Å². The van der Waals surface area contributed by atoms with Gasteiger partial charge in [0.15, 0.2) is 0 Å². The van der Waals surface area contributed by atoms with Crippen LogP contribution in [0.2, 0.25) is 5.02 Å². The van der Waals surface area contributed by atoms with Gasteiger partial charge in [-0.15, -0.1) is 0 Å². The van der Waals surface area contributed by atoms with E-state index < -0.39 is 0 Å². The topological polar surface area (TPSA) is 41.1 Å². The van der Waals surface area contributed by atoms with Crippen LogP contribution < -0.4 is 10.6 Å². The number of halogens is 1. The van der Waals surface area contributed by atoms with Crippen LogP contribution in [0.25, 0.3) is 0 Å². The summed E-state index contributed by atoms with van der Waals surface area (Å²) in [4.78, 5) is 11.9. The molecule has 0 spiro atoms. The highest BCUT2D eigenvalue weighted by Gasteiger charge is 2.04. The third kappa shape index (κ3) is 4.78. The number of para-hydroxylation sites is 1. The molecule has 0 aromatic heterocycles. The molecule has 0 aliphatic carbocycles. The summed E-state index contributed by atoms with van der Waals surface area (Å²) < 4.78 is 0. The Labute approximate surface area is 136 Å². The first kappa shape index (κ1) is 16.4. The largest absolute Gasteiger partial charge is 0.384 e. The number of anilines is 1. The minimum absolute atomic E-state index is 0.0152. The molecule has 1 amide bonds. The predicted molar refractivity (Wildman–Crippen MR) is 92.2 cm³/mol. The lowest BCUT2D eigenvalue weighted by molar-refractivity contribution is -0.121. The van der Waals surface area contributed by atoms with Crippen LogP contribution in [-0.2, 0) is 17.8 Å². The zero-order chi connectivity index (χ0) is 15.8. The number of benzene rings is 2. The SMILES string of the molecule is CCc1ccccc1NCCC(=O)NCc1ccccc1Cl. The first-order chi connectivity index (χ1) is 10.7. The zero-order valence-corrected chi connectivity index (χ0v) is 13.5. The second kappa shape index (κ2) is 8.44. The van der Waals surface area contributed by atoms with Gasteiger partial charge in [-0.3, -0.25) is 4.79 Å². The van der Waals surface area contributed by atoms with Crippen LogP contribution in [0.5, 0.6) is 0 Å². The average molecular weight is 317 g/mol. The molecule has 2 N–H and O–H groups in total. The number of carbonyl (C=O) groups is 1. The Balaban J connectivity index is 1.75. The maximum atomic E-state index is 11.9. The van der Waals surface area contributed by atoms with Gasteiger partial charge in [-0.05, 0) is 29.7 Å². The molecule has 0 radical (unpaired) electrons. The molecule has 3 nitrogen and oxygen atoms in total. The van der Waals surface area contributed by atoms with Gasteiger partial charge in [0.2, 0.25) is 5.91 Å². The van der Waals surface area contributed by atoms with Gasteiger partial charge in [0, 0.05) is 30.2 Å². The molecule has 0 bridgehead atoms. The number of aryl methyl sites for hydroxylation is 1. The third-order valence-corrected chi connectivity index (χ3v) is 3.87. The number of rotatable bonds is 7. The van der Waals surface area contributed by atoms with Crippen molar-refractivity contribution in [3.63, 3.8) is 0 Å². The van der Waals surface area contributed by atoms with Crippen molar-refractivity contribution in [2.45, 2.75) is 26.3 Å². The Morgan fingerprint density at radius 3 is 2.45 bits per heavy atom. The quantitative estimate of drug-likeness (QED) is 0.810. The van der Waals surface area contributed by atoms with Gasteiger partial charge in [0.25, 0.3) is 0 Å². The molecule has 0 atom stereocenters. The molecule has 0 unspecified atom stereocenters. The molecule has 0 fully saturated rings. The van der Waals surface area contributed by atoms with E-state index in [1.165, 1.54) is 5.56 Å². The second-order valence-corrected chi connectivity index (χ2v) is 5.46. The van der Waals surface area contributed by atoms with Crippen molar-refractivity contribution in [1.82, 2.24) is 5.32 Å². The zero-order valence-electron chi connectivity index (χ0n) is 12.7. The van der Waals surface area contributed by atoms with Crippen LogP contribution in [0.4, 0.5) is 5.69 Å². The first-order valence-corrected chi connectivity index (χ1v) is 7.90. The second-order valence-electron chi connectivity index (χ2n) is 5.06. The first-order valence-electron chi connectivity index (χ1n) is 7.52. The molecule has 0 saturated carbocycles. The molecule has 2 aromatic rings. The molecule has 0 saturated heterocycles. The predicted octanol–water partition coefficient (Wildman–Crippen LogP) is 4.02. The van der Waals surface area contributed by atoms with Crippen molar-refractivity contribution in [2.24, 2.45) is 0 Å². The van der Waals surface area contributed by atoms with E-state index in [1.807, 2.05) is 42.5 Å². The lowest BCUT2D eigenvalue weighted by Gasteiger charge is -2.11. The van der Waals surface area contributed by atoms with Gasteiger partial charge in [0.05, 0.1) is 0 Å². The summed E-state index contributed by atoms with van der Waals surface area (Å²) in [5.41, 5.74) is 3.30. The summed E-state index contributed by atoms with van der Waals surface area (Å²) in [6, 6.07) is 15.7.